The van der Waals surface area contributed by atoms with Crippen LogP contribution in [0.15, 0.2) is 0 Å². The van der Waals surface area contributed by atoms with Crippen molar-refractivity contribution in [3.63, 3.8) is 0 Å². The molecule has 1 aliphatic rings. The number of hydrogen-bond acceptors (Lipinski definition) is 2. The summed E-state index contributed by atoms with van der Waals surface area (Å²) < 4.78 is 0. The van der Waals surface area contributed by atoms with Crippen molar-refractivity contribution in [2.75, 3.05) is 13.1 Å². The van der Waals surface area contributed by atoms with Crippen molar-refractivity contribution >= 4 is 0 Å². The molecule has 0 aromatic carbocycles. The molecule has 1 saturated carbocycles. The van der Waals surface area contributed by atoms with Crippen LogP contribution in [-0.4, -0.2) is 29.6 Å². The van der Waals surface area contributed by atoms with Gasteiger partial charge in [0, 0.05) is 24.7 Å². The SMILES string of the molecule is CCCC(C)(N)CN(CC(C)C)C1CCCC1. The maximum absolute atomic E-state index is 6.43. The molecular formula is C15H32N2. The lowest BCUT2D eigenvalue weighted by atomic mass is 9.95. The zero-order valence-corrected chi connectivity index (χ0v) is 12.3. The average Bonchev–Trinajstić information content (AvgIpc) is 2.67. The fraction of sp³-hybridized carbons (Fsp3) is 1.00. The molecule has 2 heteroatoms. The predicted octanol–water partition coefficient (Wildman–Crippen LogP) is 3.40. The summed E-state index contributed by atoms with van der Waals surface area (Å²) >= 11 is 0. The van der Waals surface area contributed by atoms with E-state index in [4.69, 9.17) is 5.73 Å². The summed E-state index contributed by atoms with van der Waals surface area (Å²) in [6.07, 6.45) is 7.91. The Labute approximate surface area is 108 Å². The van der Waals surface area contributed by atoms with Crippen LogP contribution >= 0.6 is 0 Å². The summed E-state index contributed by atoms with van der Waals surface area (Å²) in [6, 6.07) is 0.803. The Morgan fingerprint density at radius 3 is 2.35 bits per heavy atom. The molecule has 0 spiro atoms. The lowest BCUT2D eigenvalue weighted by molar-refractivity contribution is 0.138. The molecule has 0 radical (unpaired) electrons. The van der Waals surface area contributed by atoms with Gasteiger partial charge in [-0.3, -0.25) is 4.90 Å². The fourth-order valence-electron chi connectivity index (χ4n) is 3.20. The first-order chi connectivity index (χ1) is 7.94. The molecule has 1 rings (SSSR count). The van der Waals surface area contributed by atoms with Gasteiger partial charge in [-0.25, -0.2) is 0 Å². The average molecular weight is 240 g/mol. The first kappa shape index (κ1) is 15.0. The predicted molar refractivity (Wildman–Crippen MR) is 76.2 cm³/mol. The molecule has 102 valence electrons. The first-order valence-corrected chi connectivity index (χ1v) is 7.47. The summed E-state index contributed by atoms with van der Waals surface area (Å²) in [4.78, 5) is 2.67. The summed E-state index contributed by atoms with van der Waals surface area (Å²) in [5, 5.41) is 0. The number of nitrogens with two attached hydrogens (primary N) is 1. The van der Waals surface area contributed by atoms with Crippen LogP contribution in [0.3, 0.4) is 0 Å². The van der Waals surface area contributed by atoms with Crippen molar-refractivity contribution in [3.8, 4) is 0 Å². The van der Waals surface area contributed by atoms with Crippen LogP contribution in [0.25, 0.3) is 0 Å². The minimum absolute atomic E-state index is 0.00771. The second-order valence-corrected chi connectivity index (χ2v) is 6.67. The van der Waals surface area contributed by atoms with E-state index in [0.29, 0.717) is 0 Å². The van der Waals surface area contributed by atoms with Crippen LogP contribution in [0.5, 0.6) is 0 Å². The Bertz CT molecular complexity index is 205. The number of nitrogens with zero attached hydrogens (tertiary/aromatic N) is 1. The standard InChI is InChI=1S/C15H32N2/c1-5-10-15(4,16)12-17(11-13(2)3)14-8-6-7-9-14/h13-14H,5-12,16H2,1-4H3. The van der Waals surface area contributed by atoms with Gasteiger partial charge in [-0.05, 0) is 32.1 Å². The minimum Gasteiger partial charge on any atom is -0.324 e. The summed E-state index contributed by atoms with van der Waals surface area (Å²) in [7, 11) is 0. The van der Waals surface area contributed by atoms with Gasteiger partial charge in [-0.2, -0.15) is 0 Å². The molecule has 0 saturated heterocycles. The van der Waals surface area contributed by atoms with Gasteiger partial charge in [0.15, 0.2) is 0 Å². The van der Waals surface area contributed by atoms with Gasteiger partial charge in [0.1, 0.15) is 0 Å². The van der Waals surface area contributed by atoms with E-state index in [1.807, 2.05) is 0 Å². The monoisotopic (exact) mass is 240 g/mol. The first-order valence-electron chi connectivity index (χ1n) is 7.47. The van der Waals surface area contributed by atoms with E-state index >= 15 is 0 Å². The normalized spacial score (nSPS) is 21.4. The smallest absolute Gasteiger partial charge is 0.0254 e. The Morgan fingerprint density at radius 2 is 1.88 bits per heavy atom. The zero-order valence-electron chi connectivity index (χ0n) is 12.3. The lowest BCUT2D eigenvalue weighted by Crippen LogP contribution is -2.51. The number of hydrogen-bond donors (Lipinski definition) is 1. The minimum atomic E-state index is -0.00771. The van der Waals surface area contributed by atoms with Crippen LogP contribution in [0.1, 0.15) is 66.2 Å². The molecule has 17 heavy (non-hydrogen) atoms. The lowest BCUT2D eigenvalue weighted by Gasteiger charge is -2.37. The van der Waals surface area contributed by atoms with Crippen LogP contribution in [-0.2, 0) is 0 Å². The quantitative estimate of drug-likeness (QED) is 0.739. The van der Waals surface area contributed by atoms with Gasteiger partial charge in [0.2, 0.25) is 0 Å². The highest BCUT2D eigenvalue weighted by atomic mass is 15.2. The Balaban J connectivity index is 2.55. The Kier molecular flexibility index (Phi) is 5.94. The summed E-state index contributed by atoms with van der Waals surface area (Å²) in [6.45, 7) is 11.4. The summed E-state index contributed by atoms with van der Waals surface area (Å²) in [5.41, 5.74) is 6.42. The van der Waals surface area contributed by atoms with Gasteiger partial charge in [0.05, 0.1) is 0 Å². The molecule has 0 bridgehead atoms. The van der Waals surface area contributed by atoms with Crippen molar-refractivity contribution < 1.29 is 0 Å². The second kappa shape index (κ2) is 6.75. The van der Waals surface area contributed by atoms with E-state index in [1.54, 1.807) is 0 Å². The third kappa shape index (κ3) is 5.39. The molecule has 0 heterocycles. The van der Waals surface area contributed by atoms with E-state index in [9.17, 15) is 0 Å². The molecule has 0 aromatic rings. The van der Waals surface area contributed by atoms with Crippen LogP contribution in [0.2, 0.25) is 0 Å². The molecule has 1 unspecified atom stereocenters. The molecular weight excluding hydrogens is 208 g/mol. The maximum atomic E-state index is 6.43. The zero-order chi connectivity index (χ0) is 12.9. The largest absolute Gasteiger partial charge is 0.324 e. The van der Waals surface area contributed by atoms with Crippen molar-refractivity contribution in [2.45, 2.75) is 77.8 Å². The molecule has 1 atom stereocenters. The topological polar surface area (TPSA) is 29.3 Å². The third-order valence-corrected chi connectivity index (χ3v) is 3.83. The highest BCUT2D eigenvalue weighted by Crippen LogP contribution is 2.26. The van der Waals surface area contributed by atoms with Gasteiger partial charge in [-0.15, -0.1) is 0 Å². The van der Waals surface area contributed by atoms with Gasteiger partial charge >= 0.3 is 0 Å². The Hall–Kier alpha value is -0.0800. The van der Waals surface area contributed by atoms with Gasteiger partial charge in [-0.1, -0.05) is 40.0 Å². The summed E-state index contributed by atoms with van der Waals surface area (Å²) in [5.74, 6) is 0.744. The van der Waals surface area contributed by atoms with Crippen molar-refractivity contribution in [2.24, 2.45) is 11.7 Å². The molecule has 2 N–H and O–H groups in total. The third-order valence-electron chi connectivity index (χ3n) is 3.83. The Morgan fingerprint density at radius 1 is 1.29 bits per heavy atom. The second-order valence-electron chi connectivity index (χ2n) is 6.67. The van der Waals surface area contributed by atoms with E-state index < -0.39 is 0 Å². The van der Waals surface area contributed by atoms with E-state index in [2.05, 4.69) is 32.6 Å². The highest BCUT2D eigenvalue weighted by molar-refractivity contribution is 4.87. The van der Waals surface area contributed by atoms with E-state index in [1.165, 1.54) is 38.6 Å². The molecule has 1 aliphatic carbocycles. The van der Waals surface area contributed by atoms with Gasteiger partial charge < -0.3 is 5.73 Å². The molecule has 0 aromatic heterocycles. The van der Waals surface area contributed by atoms with Gasteiger partial charge in [0.25, 0.3) is 0 Å². The maximum Gasteiger partial charge on any atom is 0.0254 e. The highest BCUT2D eigenvalue weighted by Gasteiger charge is 2.28. The number of rotatable bonds is 7. The van der Waals surface area contributed by atoms with E-state index in [-0.39, 0.29) is 5.54 Å². The van der Waals surface area contributed by atoms with Crippen LogP contribution in [0.4, 0.5) is 0 Å². The molecule has 2 nitrogen and oxygen atoms in total. The fourth-order valence-corrected chi connectivity index (χ4v) is 3.20. The van der Waals surface area contributed by atoms with Crippen molar-refractivity contribution in [1.82, 2.24) is 4.90 Å². The van der Waals surface area contributed by atoms with Crippen molar-refractivity contribution in [3.05, 3.63) is 0 Å². The molecule has 0 amide bonds. The molecule has 1 fully saturated rings. The van der Waals surface area contributed by atoms with Crippen molar-refractivity contribution in [1.29, 1.82) is 0 Å². The molecule has 0 aliphatic heterocycles. The van der Waals surface area contributed by atoms with Crippen LogP contribution in [0, 0.1) is 5.92 Å². The van der Waals surface area contributed by atoms with E-state index in [0.717, 1.165) is 24.9 Å². The van der Waals surface area contributed by atoms with Crippen LogP contribution < -0.4 is 5.73 Å².